The molecule has 0 aliphatic carbocycles. The molecule has 0 heterocycles. The number of carbonyl (C=O) groups excluding carboxylic acids is 1. The first kappa shape index (κ1) is 15.5. The Morgan fingerprint density at radius 2 is 2.21 bits per heavy atom. The van der Waals surface area contributed by atoms with Crippen LogP contribution in [0.2, 0.25) is 0 Å². The quantitative estimate of drug-likeness (QED) is 0.345. The molecule has 0 saturated carbocycles. The zero-order chi connectivity index (χ0) is 14.3. The highest BCUT2D eigenvalue weighted by molar-refractivity contribution is 7.98. The number of nitrogens with zero attached hydrogens (tertiary/aromatic N) is 1. The molecular formula is C12H16N2O4S. The number of carbonyl (C=O) groups is 1. The smallest absolute Gasteiger partial charge is 0.282 e. The molecule has 1 aromatic carbocycles. The van der Waals surface area contributed by atoms with E-state index in [1.54, 1.807) is 6.07 Å². The Bertz CT molecular complexity index is 465. The lowest BCUT2D eigenvalue weighted by molar-refractivity contribution is -0.385. The van der Waals surface area contributed by atoms with Gasteiger partial charge in [-0.25, -0.2) is 0 Å². The van der Waals surface area contributed by atoms with Crippen LogP contribution in [0.1, 0.15) is 23.2 Å². The predicted octanol–water partition coefficient (Wildman–Crippen LogP) is 1.82. The van der Waals surface area contributed by atoms with E-state index in [0.717, 1.165) is 4.90 Å². The summed E-state index contributed by atoms with van der Waals surface area (Å²) in [7, 11) is 0. The molecule has 6 nitrogen and oxygen atoms in total. The third kappa shape index (κ3) is 4.53. The molecule has 0 spiro atoms. The number of nitro benzene ring substituents is 1. The van der Waals surface area contributed by atoms with Crippen molar-refractivity contribution in [1.82, 2.24) is 5.32 Å². The van der Waals surface area contributed by atoms with E-state index >= 15 is 0 Å². The molecule has 0 atom stereocenters. The molecule has 0 fully saturated rings. The normalized spacial score (nSPS) is 10.2. The molecule has 1 amide bonds. The highest BCUT2D eigenvalue weighted by atomic mass is 32.2. The van der Waals surface area contributed by atoms with Crippen LogP contribution in [0.15, 0.2) is 23.1 Å². The van der Waals surface area contributed by atoms with Crippen LogP contribution in [-0.4, -0.2) is 35.3 Å². The molecule has 0 bridgehead atoms. The van der Waals surface area contributed by atoms with Gasteiger partial charge in [0, 0.05) is 24.1 Å². The van der Waals surface area contributed by atoms with E-state index in [1.165, 1.54) is 23.9 Å². The van der Waals surface area contributed by atoms with Crippen molar-refractivity contribution in [3.63, 3.8) is 0 Å². The standard InChI is InChI=1S/C12H16N2O4S/c1-19-9-4-5-11(14(17)18)10(8-9)12(16)13-6-2-3-7-15/h4-5,8,15H,2-3,6-7H2,1H3,(H,13,16). The summed E-state index contributed by atoms with van der Waals surface area (Å²) < 4.78 is 0. The summed E-state index contributed by atoms with van der Waals surface area (Å²) in [5.41, 5.74) is -0.127. The van der Waals surface area contributed by atoms with Crippen molar-refractivity contribution in [2.45, 2.75) is 17.7 Å². The Balaban J connectivity index is 2.83. The van der Waals surface area contributed by atoms with Crippen LogP contribution < -0.4 is 5.32 Å². The Morgan fingerprint density at radius 3 is 2.79 bits per heavy atom. The molecular weight excluding hydrogens is 268 g/mol. The maximum Gasteiger partial charge on any atom is 0.282 e. The Labute approximate surface area is 115 Å². The fourth-order valence-electron chi connectivity index (χ4n) is 1.52. The Morgan fingerprint density at radius 1 is 1.47 bits per heavy atom. The zero-order valence-electron chi connectivity index (χ0n) is 10.6. The maximum atomic E-state index is 11.9. The van der Waals surface area contributed by atoms with Crippen molar-refractivity contribution in [3.05, 3.63) is 33.9 Å². The van der Waals surface area contributed by atoms with Crippen molar-refractivity contribution in [2.24, 2.45) is 0 Å². The van der Waals surface area contributed by atoms with Gasteiger partial charge in [0.2, 0.25) is 0 Å². The summed E-state index contributed by atoms with van der Waals surface area (Å²) in [6.45, 7) is 0.456. The third-order valence-corrected chi connectivity index (χ3v) is 3.24. The minimum atomic E-state index is -0.563. The van der Waals surface area contributed by atoms with Gasteiger partial charge in [0.25, 0.3) is 11.6 Å². The van der Waals surface area contributed by atoms with Gasteiger partial charge in [-0.1, -0.05) is 0 Å². The van der Waals surface area contributed by atoms with Crippen LogP contribution in [0.4, 0.5) is 5.69 Å². The van der Waals surface area contributed by atoms with Gasteiger partial charge in [0.1, 0.15) is 5.56 Å². The monoisotopic (exact) mass is 284 g/mol. The minimum absolute atomic E-state index is 0.0674. The number of nitrogens with one attached hydrogen (secondary N) is 1. The van der Waals surface area contributed by atoms with Crippen LogP contribution in [0.3, 0.4) is 0 Å². The van der Waals surface area contributed by atoms with E-state index in [4.69, 9.17) is 5.11 Å². The molecule has 0 aliphatic rings. The number of hydrogen-bond donors (Lipinski definition) is 2. The largest absolute Gasteiger partial charge is 0.396 e. The van der Waals surface area contributed by atoms with Crippen LogP contribution in [-0.2, 0) is 0 Å². The SMILES string of the molecule is CSc1ccc([N+](=O)[O-])c(C(=O)NCCCCO)c1. The average molecular weight is 284 g/mol. The topological polar surface area (TPSA) is 92.5 Å². The van der Waals surface area contributed by atoms with E-state index in [9.17, 15) is 14.9 Å². The van der Waals surface area contributed by atoms with Crippen LogP contribution in [0.5, 0.6) is 0 Å². The van der Waals surface area contributed by atoms with Gasteiger partial charge >= 0.3 is 0 Å². The van der Waals surface area contributed by atoms with Gasteiger partial charge in [-0.05, 0) is 31.2 Å². The van der Waals surface area contributed by atoms with Gasteiger partial charge in [-0.15, -0.1) is 11.8 Å². The lowest BCUT2D eigenvalue weighted by Gasteiger charge is -2.06. The lowest BCUT2D eigenvalue weighted by atomic mass is 10.1. The first-order chi connectivity index (χ1) is 9.10. The van der Waals surface area contributed by atoms with Crippen LogP contribution in [0.25, 0.3) is 0 Å². The molecule has 0 radical (unpaired) electrons. The number of unbranched alkanes of at least 4 members (excludes halogenated alkanes) is 1. The number of hydrogen-bond acceptors (Lipinski definition) is 5. The first-order valence-corrected chi connectivity index (χ1v) is 7.04. The average Bonchev–Trinajstić information content (AvgIpc) is 2.42. The van der Waals surface area contributed by atoms with E-state index in [1.807, 2.05) is 6.26 Å². The zero-order valence-corrected chi connectivity index (χ0v) is 11.4. The van der Waals surface area contributed by atoms with Gasteiger partial charge in [0.15, 0.2) is 0 Å². The molecule has 7 heteroatoms. The second-order valence-corrected chi connectivity index (χ2v) is 4.71. The van der Waals surface area contributed by atoms with Crippen molar-refractivity contribution >= 4 is 23.4 Å². The molecule has 0 saturated heterocycles. The van der Waals surface area contributed by atoms with Crippen molar-refractivity contribution in [2.75, 3.05) is 19.4 Å². The predicted molar refractivity (Wildman–Crippen MR) is 73.5 cm³/mol. The highest BCUT2D eigenvalue weighted by Gasteiger charge is 2.20. The summed E-state index contributed by atoms with van der Waals surface area (Å²) in [5.74, 6) is -0.458. The van der Waals surface area contributed by atoms with Crippen LogP contribution >= 0.6 is 11.8 Å². The Kier molecular flexibility index (Phi) is 6.31. The maximum absolute atomic E-state index is 11.9. The molecule has 2 N–H and O–H groups in total. The van der Waals surface area contributed by atoms with E-state index < -0.39 is 10.8 Å². The summed E-state index contributed by atoms with van der Waals surface area (Å²) >= 11 is 1.42. The molecule has 104 valence electrons. The first-order valence-electron chi connectivity index (χ1n) is 5.81. The van der Waals surface area contributed by atoms with Gasteiger partial charge < -0.3 is 10.4 Å². The number of rotatable bonds is 7. The number of aliphatic hydroxyl groups excluding tert-OH is 1. The van der Waals surface area contributed by atoms with E-state index in [0.29, 0.717) is 19.4 Å². The van der Waals surface area contributed by atoms with E-state index in [-0.39, 0.29) is 17.9 Å². The number of nitro groups is 1. The molecule has 0 aromatic heterocycles. The number of thioether (sulfide) groups is 1. The highest BCUT2D eigenvalue weighted by Crippen LogP contribution is 2.24. The molecule has 1 rings (SSSR count). The fraction of sp³-hybridized carbons (Fsp3) is 0.417. The summed E-state index contributed by atoms with van der Waals surface area (Å²) in [6.07, 6.45) is 3.07. The number of benzene rings is 1. The lowest BCUT2D eigenvalue weighted by Crippen LogP contribution is -2.25. The van der Waals surface area contributed by atoms with Crippen LogP contribution in [0, 0.1) is 10.1 Å². The van der Waals surface area contributed by atoms with Gasteiger partial charge in [-0.2, -0.15) is 0 Å². The van der Waals surface area contributed by atoms with Crippen molar-refractivity contribution < 1.29 is 14.8 Å². The molecule has 19 heavy (non-hydrogen) atoms. The molecule has 0 aliphatic heterocycles. The van der Waals surface area contributed by atoms with Crippen molar-refractivity contribution in [1.29, 1.82) is 0 Å². The van der Waals surface area contributed by atoms with Gasteiger partial charge in [0.05, 0.1) is 4.92 Å². The third-order valence-electron chi connectivity index (χ3n) is 2.52. The minimum Gasteiger partial charge on any atom is -0.396 e. The summed E-state index contributed by atoms with van der Waals surface area (Å²) in [4.78, 5) is 23.0. The number of amides is 1. The fourth-order valence-corrected chi connectivity index (χ4v) is 1.96. The second-order valence-electron chi connectivity index (χ2n) is 3.83. The van der Waals surface area contributed by atoms with Crippen molar-refractivity contribution in [3.8, 4) is 0 Å². The van der Waals surface area contributed by atoms with Gasteiger partial charge in [-0.3, -0.25) is 14.9 Å². The molecule has 0 unspecified atom stereocenters. The second kappa shape index (κ2) is 7.75. The Hall–Kier alpha value is -1.60. The molecule has 1 aromatic rings. The summed E-state index contributed by atoms with van der Waals surface area (Å²) in [5, 5.41) is 22.1. The number of aliphatic hydroxyl groups is 1. The van der Waals surface area contributed by atoms with E-state index in [2.05, 4.69) is 5.32 Å². The summed E-state index contributed by atoms with van der Waals surface area (Å²) in [6, 6.07) is 4.48.